The van der Waals surface area contributed by atoms with Gasteiger partial charge in [-0.1, -0.05) is 195 Å². The van der Waals surface area contributed by atoms with Crippen molar-refractivity contribution < 1.29 is 23.5 Å². The number of rotatable bonds is 16. The molecule has 1 heterocycles. The number of unbranched alkanes of at least 4 members (excludes halogenated alkanes) is 3. The van der Waals surface area contributed by atoms with Crippen LogP contribution in [0.25, 0.3) is 0 Å². The highest BCUT2D eigenvalue weighted by atomic mass is 28.4. The first-order valence-corrected chi connectivity index (χ1v) is 23.0. The van der Waals surface area contributed by atoms with Crippen LogP contribution in [-0.2, 0) is 18.4 Å². The zero-order chi connectivity index (χ0) is 37.5. The summed E-state index contributed by atoms with van der Waals surface area (Å²) in [6, 6.07) is 42.3. The molecule has 1 saturated heterocycles. The second kappa shape index (κ2) is 16.8. The van der Waals surface area contributed by atoms with Crippen LogP contribution in [0.3, 0.4) is 0 Å². The van der Waals surface area contributed by atoms with Gasteiger partial charge in [0.25, 0.3) is 16.6 Å². The number of hydrogen-bond donors (Lipinski definition) is 1. The molecule has 5 nitrogen and oxygen atoms in total. The van der Waals surface area contributed by atoms with Gasteiger partial charge in [0.15, 0.2) is 5.60 Å². The zero-order valence-electron chi connectivity index (χ0n) is 32.4. The van der Waals surface area contributed by atoms with Crippen molar-refractivity contribution in [3.63, 3.8) is 0 Å². The fraction of sp³-hybridized carbons (Fsp3) is 0.444. The highest BCUT2D eigenvalue weighted by Crippen LogP contribution is 2.43. The minimum atomic E-state index is -3.00. The molecule has 1 aliphatic heterocycles. The van der Waals surface area contributed by atoms with E-state index >= 15 is 0 Å². The van der Waals surface area contributed by atoms with E-state index in [2.05, 4.69) is 146 Å². The summed E-state index contributed by atoms with van der Waals surface area (Å²) in [5.74, 6) is -1.01. The molecule has 1 fully saturated rings. The molecule has 0 aromatic heterocycles. The number of carbonyl (C=O) groups excluding carboxylic acids is 1. The predicted octanol–water partition coefficient (Wildman–Crippen LogP) is 7.77. The Kier molecular flexibility index (Phi) is 12.9. The van der Waals surface area contributed by atoms with Gasteiger partial charge in [0.05, 0.1) is 25.2 Å². The molecule has 278 valence electrons. The van der Waals surface area contributed by atoms with Crippen molar-refractivity contribution in [2.75, 3.05) is 13.2 Å². The maximum Gasteiger partial charge on any atom is 0.312 e. The Hall–Kier alpha value is -3.34. The number of aliphatic hydroxyl groups excluding tert-OH is 1. The SMILES string of the molecule is CCCCCCC(O)C1CC(CO[Si](c2ccccc2)(c2ccccc2)C(C)(C)C)(CO[Si](c2ccccc2)(c2ccccc2)C(C)(C)C)OC1=O. The highest BCUT2D eigenvalue weighted by Gasteiger charge is 2.57. The van der Waals surface area contributed by atoms with Gasteiger partial charge in [0.1, 0.15) is 0 Å². The fourth-order valence-electron chi connectivity index (χ4n) is 8.31. The average Bonchev–Trinajstić information content (AvgIpc) is 3.47. The Bertz CT molecular complexity index is 1500. The van der Waals surface area contributed by atoms with Crippen LogP contribution in [-0.4, -0.2) is 52.6 Å². The Morgan fingerprint density at radius 2 is 1.02 bits per heavy atom. The molecule has 0 saturated carbocycles. The zero-order valence-corrected chi connectivity index (χ0v) is 34.4. The van der Waals surface area contributed by atoms with Crippen molar-refractivity contribution in [1.82, 2.24) is 0 Å². The van der Waals surface area contributed by atoms with Gasteiger partial charge in [-0.15, -0.1) is 0 Å². The molecule has 2 atom stereocenters. The van der Waals surface area contributed by atoms with Gasteiger partial charge in [0.2, 0.25) is 0 Å². The number of aliphatic hydroxyl groups is 1. The number of benzene rings is 4. The van der Waals surface area contributed by atoms with E-state index in [1.807, 2.05) is 24.3 Å². The van der Waals surface area contributed by atoms with Gasteiger partial charge in [-0.3, -0.25) is 4.79 Å². The molecule has 0 bridgehead atoms. The minimum Gasteiger partial charge on any atom is -0.454 e. The standard InChI is InChI=1S/C45H60O5Si2/c1-8-9-10-23-32-41(46)40-33-45(50-42(40)47,34-48-51(43(2,3)4,36-24-15-11-16-25-36)37-26-17-12-18-27-37)35-49-52(44(5,6)7,38-28-19-13-20-29-38)39-30-21-14-22-31-39/h11-22,24-31,40-41,46H,8-10,23,32-35H2,1-7H3. The number of cyclic esters (lactones) is 1. The predicted molar refractivity (Wildman–Crippen MR) is 219 cm³/mol. The quantitative estimate of drug-likeness (QED) is 0.0724. The Balaban J connectivity index is 1.61. The normalized spacial score (nSPS) is 17.2. The minimum absolute atomic E-state index is 0.156. The van der Waals surface area contributed by atoms with E-state index in [1.54, 1.807) is 0 Å². The molecule has 5 rings (SSSR count). The Morgan fingerprint density at radius 1 is 0.654 bits per heavy atom. The van der Waals surface area contributed by atoms with Gasteiger partial charge in [0, 0.05) is 6.42 Å². The van der Waals surface area contributed by atoms with Crippen LogP contribution in [0.2, 0.25) is 10.1 Å². The number of carbonyl (C=O) groups is 1. The van der Waals surface area contributed by atoms with Gasteiger partial charge >= 0.3 is 5.97 Å². The molecular weight excluding hydrogens is 677 g/mol. The molecule has 4 aromatic rings. The van der Waals surface area contributed by atoms with Crippen molar-refractivity contribution in [3.8, 4) is 0 Å². The lowest BCUT2D eigenvalue weighted by Gasteiger charge is -2.47. The highest BCUT2D eigenvalue weighted by molar-refractivity contribution is 7.00. The topological polar surface area (TPSA) is 65.0 Å². The molecule has 2 unspecified atom stereocenters. The summed E-state index contributed by atoms with van der Waals surface area (Å²) in [7, 11) is -6.01. The fourth-order valence-corrected chi connectivity index (χ4v) is 17.6. The molecule has 4 aromatic carbocycles. The average molecular weight is 737 g/mol. The molecule has 0 amide bonds. The summed E-state index contributed by atoms with van der Waals surface area (Å²) in [5.41, 5.74) is -1.10. The van der Waals surface area contributed by atoms with Gasteiger partial charge < -0.3 is 18.7 Å². The van der Waals surface area contributed by atoms with Gasteiger partial charge in [-0.25, -0.2) is 0 Å². The van der Waals surface area contributed by atoms with E-state index < -0.39 is 34.3 Å². The second-order valence-corrected chi connectivity index (χ2v) is 25.3. The summed E-state index contributed by atoms with van der Waals surface area (Å²) >= 11 is 0. The molecule has 0 aliphatic carbocycles. The summed E-state index contributed by atoms with van der Waals surface area (Å²) in [5, 5.41) is 15.6. The molecular formula is C45H60O5Si2. The largest absolute Gasteiger partial charge is 0.454 e. The van der Waals surface area contributed by atoms with Gasteiger partial charge in [-0.2, -0.15) is 0 Å². The van der Waals surface area contributed by atoms with Crippen LogP contribution in [0, 0.1) is 5.92 Å². The van der Waals surface area contributed by atoms with Crippen molar-refractivity contribution in [3.05, 3.63) is 121 Å². The van der Waals surface area contributed by atoms with Crippen LogP contribution in [0.15, 0.2) is 121 Å². The maximum absolute atomic E-state index is 14.0. The molecule has 1 aliphatic rings. The lowest BCUT2D eigenvalue weighted by Crippen LogP contribution is -2.69. The van der Waals surface area contributed by atoms with Crippen LogP contribution in [0.5, 0.6) is 0 Å². The monoisotopic (exact) mass is 736 g/mol. The molecule has 1 N–H and O–H groups in total. The second-order valence-electron chi connectivity index (χ2n) is 16.7. The third kappa shape index (κ3) is 8.24. The van der Waals surface area contributed by atoms with E-state index in [-0.39, 0.29) is 29.3 Å². The van der Waals surface area contributed by atoms with E-state index in [4.69, 9.17) is 13.6 Å². The first-order valence-electron chi connectivity index (χ1n) is 19.2. The first kappa shape index (κ1) is 39.9. The van der Waals surface area contributed by atoms with Crippen LogP contribution in [0.1, 0.15) is 87.0 Å². The summed E-state index contributed by atoms with van der Waals surface area (Å²) in [6.07, 6.45) is 4.26. The van der Waals surface area contributed by atoms with Crippen LogP contribution >= 0.6 is 0 Å². The lowest BCUT2D eigenvalue weighted by molar-refractivity contribution is -0.157. The Morgan fingerprint density at radius 3 is 1.35 bits per heavy atom. The summed E-state index contributed by atoms with van der Waals surface area (Å²) in [6.45, 7) is 16.0. The molecule has 52 heavy (non-hydrogen) atoms. The van der Waals surface area contributed by atoms with Gasteiger partial charge in [-0.05, 0) is 37.2 Å². The molecule has 0 spiro atoms. The number of esters is 1. The summed E-state index contributed by atoms with van der Waals surface area (Å²) < 4.78 is 21.6. The molecule has 0 radical (unpaired) electrons. The van der Waals surface area contributed by atoms with Crippen molar-refractivity contribution in [2.45, 2.75) is 109 Å². The van der Waals surface area contributed by atoms with Crippen molar-refractivity contribution in [2.24, 2.45) is 5.92 Å². The van der Waals surface area contributed by atoms with E-state index in [0.29, 0.717) is 12.8 Å². The smallest absolute Gasteiger partial charge is 0.312 e. The Labute approximate surface area is 315 Å². The first-order chi connectivity index (χ1) is 24.8. The lowest BCUT2D eigenvalue weighted by atomic mass is 9.89. The van der Waals surface area contributed by atoms with E-state index in [0.717, 1.165) is 46.4 Å². The van der Waals surface area contributed by atoms with Crippen LogP contribution < -0.4 is 20.7 Å². The number of ether oxygens (including phenoxy) is 1. The molecule has 7 heteroatoms. The maximum atomic E-state index is 14.0. The third-order valence-corrected chi connectivity index (χ3v) is 20.9. The summed E-state index contributed by atoms with van der Waals surface area (Å²) in [4.78, 5) is 14.0. The van der Waals surface area contributed by atoms with E-state index in [9.17, 15) is 9.90 Å². The van der Waals surface area contributed by atoms with E-state index in [1.165, 1.54) is 0 Å². The van der Waals surface area contributed by atoms with Crippen LogP contribution in [0.4, 0.5) is 0 Å². The van der Waals surface area contributed by atoms with Crippen molar-refractivity contribution in [1.29, 1.82) is 0 Å². The van der Waals surface area contributed by atoms with Crippen molar-refractivity contribution >= 4 is 43.4 Å². The number of hydrogen-bond acceptors (Lipinski definition) is 5. The third-order valence-electron chi connectivity index (χ3n) is 11.0.